The first-order valence-corrected chi connectivity index (χ1v) is 7.46. The van der Waals surface area contributed by atoms with Gasteiger partial charge in [0.2, 0.25) is 0 Å². The van der Waals surface area contributed by atoms with Gasteiger partial charge in [0, 0.05) is 16.8 Å². The second-order valence-electron chi connectivity index (χ2n) is 5.25. The molecule has 0 saturated heterocycles. The van der Waals surface area contributed by atoms with Gasteiger partial charge in [-0.25, -0.2) is 4.39 Å². The quantitative estimate of drug-likeness (QED) is 0.826. The summed E-state index contributed by atoms with van der Waals surface area (Å²) in [7, 11) is 0. The highest BCUT2D eigenvalue weighted by Gasteiger charge is 2.27. The molecule has 2 aromatic rings. The molecule has 0 fully saturated rings. The first kappa shape index (κ1) is 13.5. The fraction of sp³-hybridized carbons (Fsp3) is 0.235. The summed E-state index contributed by atoms with van der Waals surface area (Å²) in [5.74, 6) is -0.0826. The molecule has 1 nitrogen and oxygen atoms in total. The van der Waals surface area contributed by atoms with E-state index in [-0.39, 0.29) is 23.9 Å². The molecule has 102 valence electrons. The summed E-state index contributed by atoms with van der Waals surface area (Å²) < 4.78 is 14.1. The van der Waals surface area contributed by atoms with E-state index in [0.717, 1.165) is 22.9 Å². The third-order valence-corrected chi connectivity index (χ3v) is 4.65. The number of fused-ring (bicyclic) bond motifs is 1. The van der Waals surface area contributed by atoms with Crippen LogP contribution in [-0.2, 0) is 24.1 Å². The standard InChI is InChI=1S/C17H14BrFO/c18-16-6-5-15(19)9-13(16)10-17(20)14-7-11-3-1-2-4-12(11)8-14/h1-6,9,14H,7-8,10H2. The molecule has 0 saturated carbocycles. The van der Waals surface area contributed by atoms with Crippen molar-refractivity contribution in [1.29, 1.82) is 0 Å². The minimum Gasteiger partial charge on any atom is -0.299 e. The number of rotatable bonds is 3. The Morgan fingerprint density at radius 1 is 1.15 bits per heavy atom. The van der Waals surface area contributed by atoms with Crippen molar-refractivity contribution in [2.45, 2.75) is 19.3 Å². The molecule has 0 spiro atoms. The zero-order chi connectivity index (χ0) is 14.1. The second-order valence-corrected chi connectivity index (χ2v) is 6.11. The molecule has 0 heterocycles. The van der Waals surface area contributed by atoms with Crippen molar-refractivity contribution in [3.63, 3.8) is 0 Å². The largest absolute Gasteiger partial charge is 0.299 e. The lowest BCUT2D eigenvalue weighted by atomic mass is 9.95. The monoisotopic (exact) mass is 332 g/mol. The number of hydrogen-bond donors (Lipinski definition) is 0. The zero-order valence-electron chi connectivity index (χ0n) is 10.9. The van der Waals surface area contributed by atoms with Crippen LogP contribution in [-0.4, -0.2) is 5.78 Å². The number of hydrogen-bond acceptors (Lipinski definition) is 1. The van der Waals surface area contributed by atoms with E-state index in [0.29, 0.717) is 0 Å². The third-order valence-electron chi connectivity index (χ3n) is 3.88. The van der Waals surface area contributed by atoms with E-state index < -0.39 is 0 Å². The van der Waals surface area contributed by atoms with E-state index in [4.69, 9.17) is 0 Å². The van der Waals surface area contributed by atoms with Crippen LogP contribution in [0.2, 0.25) is 0 Å². The molecule has 0 aliphatic heterocycles. The Labute approximate surface area is 126 Å². The van der Waals surface area contributed by atoms with Gasteiger partial charge in [-0.2, -0.15) is 0 Å². The molecule has 1 aliphatic carbocycles. The van der Waals surface area contributed by atoms with Crippen LogP contribution in [0.15, 0.2) is 46.9 Å². The smallest absolute Gasteiger partial charge is 0.141 e. The average Bonchev–Trinajstić information content (AvgIpc) is 2.87. The van der Waals surface area contributed by atoms with Gasteiger partial charge in [0.25, 0.3) is 0 Å². The number of benzene rings is 2. The van der Waals surface area contributed by atoms with Crippen molar-refractivity contribution in [2.75, 3.05) is 0 Å². The minimum atomic E-state index is -0.300. The average molecular weight is 333 g/mol. The predicted octanol–water partition coefficient (Wildman–Crippen LogP) is 4.11. The highest BCUT2D eigenvalue weighted by atomic mass is 79.9. The molecule has 3 rings (SSSR count). The Hall–Kier alpha value is -1.48. The molecule has 0 atom stereocenters. The Morgan fingerprint density at radius 3 is 2.45 bits per heavy atom. The van der Waals surface area contributed by atoms with Crippen molar-refractivity contribution in [1.82, 2.24) is 0 Å². The Morgan fingerprint density at radius 2 is 1.80 bits per heavy atom. The highest BCUT2D eigenvalue weighted by molar-refractivity contribution is 9.10. The van der Waals surface area contributed by atoms with E-state index >= 15 is 0 Å². The third kappa shape index (κ3) is 2.68. The topological polar surface area (TPSA) is 17.1 Å². The number of ketones is 1. The van der Waals surface area contributed by atoms with E-state index in [1.165, 1.54) is 23.3 Å². The predicted molar refractivity (Wildman–Crippen MR) is 80.2 cm³/mol. The van der Waals surface area contributed by atoms with E-state index in [1.54, 1.807) is 6.07 Å². The van der Waals surface area contributed by atoms with Gasteiger partial charge >= 0.3 is 0 Å². The lowest BCUT2D eigenvalue weighted by Gasteiger charge is -2.09. The summed E-state index contributed by atoms with van der Waals surface area (Å²) in [4.78, 5) is 12.4. The fourth-order valence-corrected chi connectivity index (χ4v) is 3.18. The first-order chi connectivity index (χ1) is 9.63. The van der Waals surface area contributed by atoms with Crippen LogP contribution in [0.5, 0.6) is 0 Å². The van der Waals surface area contributed by atoms with Gasteiger partial charge in [0.15, 0.2) is 0 Å². The minimum absolute atomic E-state index is 0.0302. The molecule has 3 heteroatoms. The number of halogens is 2. The lowest BCUT2D eigenvalue weighted by molar-refractivity contribution is -0.121. The van der Waals surface area contributed by atoms with Crippen molar-refractivity contribution in [3.8, 4) is 0 Å². The van der Waals surface area contributed by atoms with E-state index in [9.17, 15) is 9.18 Å². The van der Waals surface area contributed by atoms with Crippen LogP contribution in [0.1, 0.15) is 16.7 Å². The first-order valence-electron chi connectivity index (χ1n) is 6.67. The number of carbonyl (C=O) groups excluding carboxylic acids is 1. The molecule has 0 radical (unpaired) electrons. The van der Waals surface area contributed by atoms with Gasteiger partial charge in [-0.15, -0.1) is 0 Å². The molecule has 0 amide bonds. The second kappa shape index (κ2) is 5.49. The molecular weight excluding hydrogens is 319 g/mol. The molecule has 20 heavy (non-hydrogen) atoms. The van der Waals surface area contributed by atoms with E-state index in [1.807, 2.05) is 12.1 Å². The number of Topliss-reactive ketones (excluding diaryl/α,β-unsaturated/α-hetero) is 1. The summed E-state index contributed by atoms with van der Waals surface area (Å²) in [6, 6.07) is 12.7. The highest BCUT2D eigenvalue weighted by Crippen LogP contribution is 2.29. The van der Waals surface area contributed by atoms with Gasteiger partial charge in [0.1, 0.15) is 11.6 Å². The van der Waals surface area contributed by atoms with Crippen molar-refractivity contribution in [2.24, 2.45) is 5.92 Å². The van der Waals surface area contributed by atoms with Gasteiger partial charge < -0.3 is 0 Å². The van der Waals surface area contributed by atoms with Crippen molar-refractivity contribution >= 4 is 21.7 Å². The lowest BCUT2D eigenvalue weighted by Crippen LogP contribution is -2.17. The van der Waals surface area contributed by atoms with Crippen LogP contribution in [0.4, 0.5) is 4.39 Å². The van der Waals surface area contributed by atoms with Crippen LogP contribution in [0.25, 0.3) is 0 Å². The summed E-state index contributed by atoms with van der Waals surface area (Å²) in [5, 5.41) is 0. The molecule has 1 aliphatic rings. The van der Waals surface area contributed by atoms with Crippen LogP contribution < -0.4 is 0 Å². The summed E-state index contributed by atoms with van der Waals surface area (Å²) in [6.07, 6.45) is 1.90. The maximum atomic E-state index is 13.3. The van der Waals surface area contributed by atoms with Crippen LogP contribution in [0.3, 0.4) is 0 Å². The molecule has 0 unspecified atom stereocenters. The maximum Gasteiger partial charge on any atom is 0.141 e. The Balaban J connectivity index is 1.74. The maximum absolute atomic E-state index is 13.3. The molecule has 0 N–H and O–H groups in total. The fourth-order valence-electron chi connectivity index (χ4n) is 2.80. The zero-order valence-corrected chi connectivity index (χ0v) is 12.5. The molecule has 2 aromatic carbocycles. The van der Waals surface area contributed by atoms with Gasteiger partial charge in [-0.3, -0.25) is 4.79 Å². The molecule has 0 bridgehead atoms. The summed E-state index contributed by atoms with van der Waals surface area (Å²) in [5.41, 5.74) is 3.26. The Bertz CT molecular complexity index is 641. The van der Waals surface area contributed by atoms with Gasteiger partial charge in [0.05, 0.1) is 0 Å². The molecule has 0 aromatic heterocycles. The van der Waals surface area contributed by atoms with Gasteiger partial charge in [-0.1, -0.05) is 40.2 Å². The van der Waals surface area contributed by atoms with Crippen LogP contribution >= 0.6 is 15.9 Å². The normalized spacial score (nSPS) is 14.3. The molecular formula is C17H14BrFO. The van der Waals surface area contributed by atoms with Crippen LogP contribution in [0, 0.1) is 11.7 Å². The summed E-state index contributed by atoms with van der Waals surface area (Å²) in [6.45, 7) is 0. The SMILES string of the molecule is O=C(Cc1cc(F)ccc1Br)C1Cc2ccccc2C1. The van der Waals surface area contributed by atoms with Crippen molar-refractivity contribution < 1.29 is 9.18 Å². The van der Waals surface area contributed by atoms with Crippen molar-refractivity contribution in [3.05, 3.63) is 69.4 Å². The summed E-state index contributed by atoms with van der Waals surface area (Å²) >= 11 is 3.38. The van der Waals surface area contributed by atoms with Gasteiger partial charge in [-0.05, 0) is 47.7 Å². The number of carbonyl (C=O) groups is 1. The Kier molecular flexibility index (Phi) is 3.70. The van der Waals surface area contributed by atoms with E-state index in [2.05, 4.69) is 28.1 Å².